The van der Waals surface area contributed by atoms with Gasteiger partial charge in [0.05, 0.1) is 6.61 Å². The molecule has 1 unspecified atom stereocenters. The van der Waals surface area contributed by atoms with E-state index >= 15 is 0 Å². The van der Waals surface area contributed by atoms with E-state index < -0.39 is 0 Å². The number of aliphatic hydroxyl groups excluding tert-OH is 1. The highest BCUT2D eigenvalue weighted by molar-refractivity contribution is 4.77. The van der Waals surface area contributed by atoms with Crippen molar-refractivity contribution < 1.29 is 5.11 Å². The molecule has 0 amide bonds. The molecule has 0 aromatic carbocycles. The molecule has 1 saturated carbocycles. The van der Waals surface area contributed by atoms with Crippen LogP contribution in [-0.4, -0.2) is 36.2 Å². The summed E-state index contributed by atoms with van der Waals surface area (Å²) < 4.78 is 0. The van der Waals surface area contributed by atoms with Crippen LogP contribution in [-0.2, 0) is 0 Å². The molecule has 0 radical (unpaired) electrons. The van der Waals surface area contributed by atoms with Gasteiger partial charge in [0, 0.05) is 12.6 Å². The summed E-state index contributed by atoms with van der Waals surface area (Å²) >= 11 is 0. The Hall–Kier alpha value is -0.0800. The number of rotatable bonds is 5. The van der Waals surface area contributed by atoms with E-state index in [9.17, 15) is 5.11 Å². The van der Waals surface area contributed by atoms with E-state index in [0.717, 1.165) is 5.92 Å². The predicted octanol–water partition coefficient (Wildman–Crippen LogP) is 1.74. The summed E-state index contributed by atoms with van der Waals surface area (Å²) in [6.45, 7) is 5.82. The predicted molar refractivity (Wildman–Crippen MR) is 55.7 cm³/mol. The Morgan fingerprint density at radius 2 is 2.00 bits per heavy atom. The molecule has 1 aliphatic rings. The summed E-state index contributed by atoms with van der Waals surface area (Å²) in [6.07, 6.45) is 4.19. The van der Waals surface area contributed by atoms with Crippen LogP contribution in [0.15, 0.2) is 0 Å². The third-order valence-corrected chi connectivity index (χ3v) is 3.29. The maximum atomic E-state index is 9.23. The molecule has 1 rings (SSSR count). The second-order valence-electron chi connectivity index (χ2n) is 4.73. The number of hydrogen-bond acceptors (Lipinski definition) is 2. The molecule has 78 valence electrons. The van der Waals surface area contributed by atoms with Crippen molar-refractivity contribution in [2.75, 3.05) is 20.2 Å². The Labute approximate surface area is 81.9 Å². The molecule has 1 aliphatic carbocycles. The molecule has 0 spiro atoms. The van der Waals surface area contributed by atoms with Gasteiger partial charge >= 0.3 is 0 Å². The largest absolute Gasteiger partial charge is 0.395 e. The van der Waals surface area contributed by atoms with Crippen LogP contribution in [0.2, 0.25) is 0 Å². The van der Waals surface area contributed by atoms with Gasteiger partial charge in [-0.05, 0) is 31.7 Å². The van der Waals surface area contributed by atoms with Gasteiger partial charge in [-0.1, -0.05) is 20.3 Å². The van der Waals surface area contributed by atoms with E-state index in [-0.39, 0.29) is 0 Å². The van der Waals surface area contributed by atoms with Crippen molar-refractivity contribution in [3.05, 3.63) is 0 Å². The first-order chi connectivity index (χ1) is 6.15. The van der Waals surface area contributed by atoms with Crippen molar-refractivity contribution in [1.29, 1.82) is 0 Å². The van der Waals surface area contributed by atoms with Crippen LogP contribution in [0.4, 0.5) is 0 Å². The van der Waals surface area contributed by atoms with Gasteiger partial charge < -0.3 is 10.0 Å². The lowest BCUT2D eigenvalue weighted by Gasteiger charge is -2.35. The SMILES string of the molecule is CC(C)C(CO)N(C)CC1CCC1. The molecule has 0 saturated heterocycles. The van der Waals surface area contributed by atoms with E-state index in [1.54, 1.807) is 0 Å². The topological polar surface area (TPSA) is 23.5 Å². The minimum Gasteiger partial charge on any atom is -0.395 e. The standard InChI is InChI=1S/C11H23NO/c1-9(2)11(8-13)12(3)7-10-5-4-6-10/h9-11,13H,4-8H2,1-3H3. The smallest absolute Gasteiger partial charge is 0.0589 e. The first-order valence-electron chi connectivity index (χ1n) is 5.46. The summed E-state index contributed by atoms with van der Waals surface area (Å²) in [5.41, 5.74) is 0. The lowest BCUT2D eigenvalue weighted by molar-refractivity contribution is 0.0847. The Kier molecular flexibility index (Phi) is 4.20. The molecule has 0 heterocycles. The maximum Gasteiger partial charge on any atom is 0.0589 e. The third-order valence-electron chi connectivity index (χ3n) is 3.29. The Bertz CT molecular complexity index is 143. The van der Waals surface area contributed by atoms with Gasteiger partial charge in [-0.2, -0.15) is 0 Å². The van der Waals surface area contributed by atoms with Crippen LogP contribution in [0.25, 0.3) is 0 Å². The summed E-state index contributed by atoms with van der Waals surface area (Å²) in [7, 11) is 2.14. The van der Waals surface area contributed by atoms with Gasteiger partial charge in [-0.25, -0.2) is 0 Å². The van der Waals surface area contributed by atoms with Crippen molar-refractivity contribution in [3.63, 3.8) is 0 Å². The molecular formula is C11H23NO. The fourth-order valence-corrected chi connectivity index (χ4v) is 2.08. The number of nitrogens with zero attached hydrogens (tertiary/aromatic N) is 1. The summed E-state index contributed by atoms with van der Waals surface area (Å²) in [5.74, 6) is 1.45. The first kappa shape index (κ1) is 11.0. The lowest BCUT2D eigenvalue weighted by Crippen LogP contribution is -2.42. The second kappa shape index (κ2) is 4.97. The van der Waals surface area contributed by atoms with Crippen LogP contribution in [0, 0.1) is 11.8 Å². The molecule has 0 aliphatic heterocycles. The second-order valence-corrected chi connectivity index (χ2v) is 4.73. The van der Waals surface area contributed by atoms with Gasteiger partial charge in [0.25, 0.3) is 0 Å². The van der Waals surface area contributed by atoms with Gasteiger partial charge in [-0.3, -0.25) is 0 Å². The fraction of sp³-hybridized carbons (Fsp3) is 1.00. The van der Waals surface area contributed by atoms with Gasteiger partial charge in [-0.15, -0.1) is 0 Å². The minimum absolute atomic E-state index is 0.293. The van der Waals surface area contributed by atoms with E-state index in [0.29, 0.717) is 18.6 Å². The lowest BCUT2D eigenvalue weighted by atomic mass is 9.84. The van der Waals surface area contributed by atoms with Gasteiger partial charge in [0.2, 0.25) is 0 Å². The van der Waals surface area contributed by atoms with Crippen LogP contribution in [0.5, 0.6) is 0 Å². The highest BCUT2D eigenvalue weighted by Crippen LogP contribution is 2.27. The minimum atomic E-state index is 0.293. The number of aliphatic hydroxyl groups is 1. The molecule has 0 aromatic rings. The molecule has 1 atom stereocenters. The zero-order chi connectivity index (χ0) is 9.84. The average Bonchev–Trinajstić information content (AvgIpc) is 1.97. The molecule has 0 bridgehead atoms. The molecule has 1 fully saturated rings. The molecule has 0 aromatic heterocycles. The normalized spacial score (nSPS) is 20.8. The monoisotopic (exact) mass is 185 g/mol. The van der Waals surface area contributed by atoms with Gasteiger partial charge in [0.1, 0.15) is 0 Å². The molecule has 13 heavy (non-hydrogen) atoms. The zero-order valence-corrected chi connectivity index (χ0v) is 9.16. The van der Waals surface area contributed by atoms with E-state index in [4.69, 9.17) is 0 Å². The third kappa shape index (κ3) is 2.96. The van der Waals surface area contributed by atoms with Crippen molar-refractivity contribution in [2.45, 2.75) is 39.2 Å². The van der Waals surface area contributed by atoms with Crippen LogP contribution in [0.3, 0.4) is 0 Å². The highest BCUT2D eigenvalue weighted by atomic mass is 16.3. The Morgan fingerprint density at radius 1 is 1.38 bits per heavy atom. The average molecular weight is 185 g/mol. The Balaban J connectivity index is 2.29. The molecule has 2 nitrogen and oxygen atoms in total. The number of likely N-dealkylation sites (N-methyl/N-ethyl adjacent to an activating group) is 1. The van der Waals surface area contributed by atoms with Crippen LogP contribution in [0.1, 0.15) is 33.1 Å². The quantitative estimate of drug-likeness (QED) is 0.705. The van der Waals surface area contributed by atoms with Crippen molar-refractivity contribution in [1.82, 2.24) is 4.90 Å². The zero-order valence-electron chi connectivity index (χ0n) is 9.16. The summed E-state index contributed by atoms with van der Waals surface area (Å²) in [4.78, 5) is 2.33. The summed E-state index contributed by atoms with van der Waals surface area (Å²) in [5, 5.41) is 9.23. The molecule has 1 N–H and O–H groups in total. The van der Waals surface area contributed by atoms with Crippen LogP contribution < -0.4 is 0 Å². The highest BCUT2D eigenvalue weighted by Gasteiger charge is 2.24. The summed E-state index contributed by atoms with van der Waals surface area (Å²) in [6, 6.07) is 0.348. The van der Waals surface area contributed by atoms with Gasteiger partial charge in [0.15, 0.2) is 0 Å². The van der Waals surface area contributed by atoms with E-state index in [2.05, 4.69) is 25.8 Å². The van der Waals surface area contributed by atoms with Crippen molar-refractivity contribution in [3.8, 4) is 0 Å². The van der Waals surface area contributed by atoms with Crippen LogP contribution >= 0.6 is 0 Å². The first-order valence-corrected chi connectivity index (χ1v) is 5.46. The Morgan fingerprint density at radius 3 is 2.31 bits per heavy atom. The van der Waals surface area contributed by atoms with Crippen molar-refractivity contribution in [2.24, 2.45) is 11.8 Å². The molecule has 2 heteroatoms. The van der Waals surface area contributed by atoms with E-state index in [1.165, 1.54) is 25.8 Å². The maximum absolute atomic E-state index is 9.23. The molecular weight excluding hydrogens is 162 g/mol. The van der Waals surface area contributed by atoms with E-state index in [1.807, 2.05) is 0 Å². The number of hydrogen-bond donors (Lipinski definition) is 1. The van der Waals surface area contributed by atoms with Crippen molar-refractivity contribution >= 4 is 0 Å². The fourth-order valence-electron chi connectivity index (χ4n) is 2.08.